The Labute approximate surface area is 129 Å². The molecule has 0 aliphatic carbocycles. The number of hydrogen-bond donors (Lipinski definition) is 3. The number of anilines is 1. The Kier molecular flexibility index (Phi) is 4.74. The molecule has 2 aliphatic heterocycles. The standard InChI is InChI=1S/C14H19N3O3S/c21-14(15-3-4-17-5-7-18-8-6-17)16-11-1-2-12-13(9-11)20-10-19-12/h1-2,9H,3-8,10H2,(H2,15,16,21)/p+1. The molecule has 114 valence electrons. The van der Waals surface area contributed by atoms with Crippen LogP contribution in [0.2, 0.25) is 0 Å². The summed E-state index contributed by atoms with van der Waals surface area (Å²) < 4.78 is 16.0. The minimum Gasteiger partial charge on any atom is -0.454 e. The van der Waals surface area contributed by atoms with Crippen LogP contribution in [-0.4, -0.2) is 51.3 Å². The minimum atomic E-state index is 0.282. The van der Waals surface area contributed by atoms with E-state index >= 15 is 0 Å². The van der Waals surface area contributed by atoms with Crippen molar-refractivity contribution in [2.45, 2.75) is 0 Å². The zero-order valence-corrected chi connectivity index (χ0v) is 12.6. The summed E-state index contributed by atoms with van der Waals surface area (Å²) in [5, 5.41) is 7.02. The third-order valence-electron chi connectivity index (χ3n) is 3.59. The molecule has 6 nitrogen and oxygen atoms in total. The molecule has 3 N–H and O–H groups in total. The molecule has 21 heavy (non-hydrogen) atoms. The monoisotopic (exact) mass is 310 g/mol. The van der Waals surface area contributed by atoms with Crippen LogP contribution in [0, 0.1) is 0 Å². The lowest BCUT2D eigenvalue weighted by Gasteiger charge is -2.24. The maximum Gasteiger partial charge on any atom is 0.231 e. The highest BCUT2D eigenvalue weighted by Gasteiger charge is 2.14. The van der Waals surface area contributed by atoms with Crippen LogP contribution in [0.4, 0.5) is 5.69 Å². The number of fused-ring (bicyclic) bond motifs is 1. The first-order valence-electron chi connectivity index (χ1n) is 7.17. The van der Waals surface area contributed by atoms with Gasteiger partial charge >= 0.3 is 0 Å². The van der Waals surface area contributed by atoms with Crippen LogP contribution in [0.3, 0.4) is 0 Å². The van der Waals surface area contributed by atoms with Gasteiger partial charge in [0.15, 0.2) is 16.6 Å². The van der Waals surface area contributed by atoms with E-state index in [0.717, 1.165) is 56.6 Å². The summed E-state index contributed by atoms with van der Waals surface area (Å²) in [5.74, 6) is 1.52. The first kappa shape index (κ1) is 14.4. The number of ether oxygens (including phenoxy) is 3. The van der Waals surface area contributed by atoms with Crippen molar-refractivity contribution in [2.75, 3.05) is 51.5 Å². The van der Waals surface area contributed by atoms with E-state index in [1.54, 1.807) is 4.90 Å². The van der Waals surface area contributed by atoms with Crippen LogP contribution < -0.4 is 25.0 Å². The molecule has 0 saturated carbocycles. The van der Waals surface area contributed by atoms with Gasteiger partial charge in [-0.2, -0.15) is 0 Å². The van der Waals surface area contributed by atoms with Crippen molar-refractivity contribution in [1.82, 2.24) is 5.32 Å². The Hall–Kier alpha value is -1.57. The van der Waals surface area contributed by atoms with Crippen molar-refractivity contribution in [3.05, 3.63) is 18.2 Å². The van der Waals surface area contributed by atoms with Crippen LogP contribution in [-0.2, 0) is 4.74 Å². The van der Waals surface area contributed by atoms with E-state index in [1.807, 2.05) is 18.2 Å². The van der Waals surface area contributed by atoms with Crippen molar-refractivity contribution in [3.8, 4) is 11.5 Å². The van der Waals surface area contributed by atoms with Gasteiger partial charge < -0.3 is 29.7 Å². The first-order chi connectivity index (χ1) is 10.3. The smallest absolute Gasteiger partial charge is 0.231 e. The third kappa shape index (κ3) is 3.96. The number of quaternary nitrogens is 1. The maximum atomic E-state index is 5.34. The molecule has 0 atom stereocenters. The molecule has 3 rings (SSSR count). The highest BCUT2D eigenvalue weighted by atomic mass is 32.1. The molecule has 7 heteroatoms. The molecular formula is C14H20N3O3S+. The molecule has 2 aliphatic rings. The Morgan fingerprint density at radius 2 is 2.00 bits per heavy atom. The fraction of sp³-hybridized carbons (Fsp3) is 0.500. The van der Waals surface area contributed by atoms with Gasteiger partial charge in [-0.15, -0.1) is 0 Å². The van der Waals surface area contributed by atoms with E-state index in [4.69, 9.17) is 26.4 Å². The molecule has 1 saturated heterocycles. The van der Waals surface area contributed by atoms with Crippen molar-refractivity contribution < 1.29 is 19.1 Å². The first-order valence-corrected chi connectivity index (χ1v) is 7.58. The summed E-state index contributed by atoms with van der Waals surface area (Å²) in [7, 11) is 0. The second kappa shape index (κ2) is 6.93. The van der Waals surface area contributed by atoms with E-state index in [-0.39, 0.29) is 6.79 Å². The molecule has 0 aromatic heterocycles. The lowest BCUT2D eigenvalue weighted by molar-refractivity contribution is -0.906. The second-order valence-corrected chi connectivity index (χ2v) is 5.47. The maximum absolute atomic E-state index is 5.34. The third-order valence-corrected chi connectivity index (χ3v) is 3.84. The average molecular weight is 310 g/mol. The summed E-state index contributed by atoms with van der Waals surface area (Å²) >= 11 is 5.30. The van der Waals surface area contributed by atoms with E-state index < -0.39 is 0 Å². The van der Waals surface area contributed by atoms with Gasteiger partial charge in [0, 0.05) is 11.8 Å². The van der Waals surface area contributed by atoms with Crippen LogP contribution in [0.5, 0.6) is 11.5 Å². The van der Waals surface area contributed by atoms with E-state index in [0.29, 0.717) is 5.11 Å². The summed E-state index contributed by atoms with van der Waals surface area (Å²) in [4.78, 5) is 1.56. The average Bonchev–Trinajstić information content (AvgIpc) is 2.96. The molecule has 1 aromatic carbocycles. The number of hydrogen-bond acceptors (Lipinski definition) is 4. The van der Waals surface area contributed by atoms with Crippen molar-refractivity contribution in [3.63, 3.8) is 0 Å². The zero-order valence-electron chi connectivity index (χ0n) is 11.8. The topological polar surface area (TPSA) is 56.2 Å². The second-order valence-electron chi connectivity index (χ2n) is 5.06. The lowest BCUT2D eigenvalue weighted by atomic mass is 10.3. The number of nitrogens with one attached hydrogen (secondary N) is 3. The lowest BCUT2D eigenvalue weighted by Crippen LogP contribution is -3.14. The number of benzene rings is 1. The largest absolute Gasteiger partial charge is 0.454 e. The minimum absolute atomic E-state index is 0.282. The molecule has 1 aromatic rings. The molecule has 0 spiro atoms. The van der Waals surface area contributed by atoms with Crippen LogP contribution >= 0.6 is 12.2 Å². The van der Waals surface area contributed by atoms with Gasteiger partial charge in [0.2, 0.25) is 6.79 Å². The molecule has 1 fully saturated rings. The van der Waals surface area contributed by atoms with Crippen LogP contribution in [0.25, 0.3) is 0 Å². The van der Waals surface area contributed by atoms with Gasteiger partial charge in [0.25, 0.3) is 0 Å². The van der Waals surface area contributed by atoms with Gasteiger partial charge in [-0.3, -0.25) is 0 Å². The Morgan fingerprint density at radius 1 is 1.19 bits per heavy atom. The summed E-state index contributed by atoms with van der Waals surface area (Å²) in [6.07, 6.45) is 0. The SMILES string of the molecule is S=C(NCC[NH+]1CCOCC1)Nc1ccc2c(c1)OCO2. The van der Waals surface area contributed by atoms with Crippen LogP contribution in [0.15, 0.2) is 18.2 Å². The quantitative estimate of drug-likeness (QED) is 0.659. The fourth-order valence-corrected chi connectivity index (χ4v) is 2.63. The van der Waals surface area contributed by atoms with Crippen molar-refractivity contribution in [2.24, 2.45) is 0 Å². The van der Waals surface area contributed by atoms with E-state index in [9.17, 15) is 0 Å². The van der Waals surface area contributed by atoms with Gasteiger partial charge in [-0.05, 0) is 24.4 Å². The van der Waals surface area contributed by atoms with Crippen molar-refractivity contribution in [1.29, 1.82) is 0 Å². The van der Waals surface area contributed by atoms with Crippen molar-refractivity contribution >= 4 is 23.0 Å². The number of morpholine rings is 1. The van der Waals surface area contributed by atoms with E-state index in [1.165, 1.54) is 0 Å². The van der Waals surface area contributed by atoms with Gasteiger partial charge in [0.05, 0.1) is 26.3 Å². The summed E-state index contributed by atoms with van der Waals surface area (Å²) in [6, 6.07) is 5.70. The van der Waals surface area contributed by atoms with Crippen LogP contribution in [0.1, 0.15) is 0 Å². The normalized spacial score (nSPS) is 17.5. The molecular weight excluding hydrogens is 290 g/mol. The summed E-state index contributed by atoms with van der Waals surface area (Å²) in [6.45, 7) is 6.04. The highest BCUT2D eigenvalue weighted by molar-refractivity contribution is 7.80. The molecule has 0 amide bonds. The predicted octanol–water partition coefficient (Wildman–Crippen LogP) is -0.383. The Bertz CT molecular complexity index is 506. The molecule has 0 radical (unpaired) electrons. The predicted molar refractivity (Wildman–Crippen MR) is 83.2 cm³/mol. The van der Waals surface area contributed by atoms with E-state index in [2.05, 4.69) is 10.6 Å². The number of rotatable bonds is 4. The molecule has 2 heterocycles. The Morgan fingerprint density at radius 3 is 2.86 bits per heavy atom. The Balaban J connectivity index is 1.41. The van der Waals surface area contributed by atoms with Gasteiger partial charge in [-0.25, -0.2) is 0 Å². The zero-order chi connectivity index (χ0) is 14.5. The molecule has 0 unspecified atom stereocenters. The summed E-state index contributed by atoms with van der Waals surface area (Å²) in [5.41, 5.74) is 0.899. The number of thiocarbonyl (C=S) groups is 1. The molecule has 0 bridgehead atoms. The van der Waals surface area contributed by atoms with Gasteiger partial charge in [0.1, 0.15) is 13.1 Å². The van der Waals surface area contributed by atoms with Gasteiger partial charge in [-0.1, -0.05) is 0 Å². The fourth-order valence-electron chi connectivity index (χ4n) is 2.41. The highest BCUT2D eigenvalue weighted by Crippen LogP contribution is 2.34.